The summed E-state index contributed by atoms with van der Waals surface area (Å²) in [5.74, 6) is 1.64. The molecule has 4 nitrogen and oxygen atoms in total. The summed E-state index contributed by atoms with van der Waals surface area (Å²) >= 11 is 0. The third-order valence-electron chi connectivity index (χ3n) is 3.97. The monoisotopic (exact) mass is 291 g/mol. The quantitative estimate of drug-likeness (QED) is 0.810. The van der Waals surface area contributed by atoms with Gasteiger partial charge in [-0.3, -0.25) is 4.79 Å². The second-order valence-corrected chi connectivity index (χ2v) is 6.24. The van der Waals surface area contributed by atoms with Gasteiger partial charge in [0.2, 0.25) is 5.91 Å². The fourth-order valence-electron chi connectivity index (χ4n) is 2.78. The molecule has 4 heteroatoms. The summed E-state index contributed by atoms with van der Waals surface area (Å²) in [4.78, 5) is 12.2. The van der Waals surface area contributed by atoms with E-state index in [1.165, 1.54) is 0 Å². The van der Waals surface area contributed by atoms with Crippen LogP contribution in [0.4, 0.5) is 0 Å². The van der Waals surface area contributed by atoms with Crippen molar-refractivity contribution in [1.82, 2.24) is 5.32 Å². The van der Waals surface area contributed by atoms with Crippen molar-refractivity contribution in [3.63, 3.8) is 0 Å². The number of aliphatic hydroxyl groups excluding tert-OH is 1. The Labute approximate surface area is 126 Å². The fourth-order valence-corrected chi connectivity index (χ4v) is 2.78. The van der Waals surface area contributed by atoms with E-state index in [2.05, 4.69) is 19.2 Å². The molecule has 3 unspecified atom stereocenters. The molecule has 0 aliphatic heterocycles. The summed E-state index contributed by atoms with van der Waals surface area (Å²) in [5.41, 5.74) is 1.15. The number of hydrogen-bond donors (Lipinski definition) is 2. The molecule has 2 rings (SSSR count). The highest BCUT2D eigenvalue weighted by atomic mass is 16.5. The Morgan fingerprint density at radius 2 is 2.24 bits per heavy atom. The molecule has 3 atom stereocenters. The summed E-state index contributed by atoms with van der Waals surface area (Å²) in [6.45, 7) is 4.18. The molecule has 0 saturated heterocycles. The van der Waals surface area contributed by atoms with Gasteiger partial charge in [0.15, 0.2) is 0 Å². The zero-order chi connectivity index (χ0) is 15.4. The lowest BCUT2D eigenvalue weighted by atomic mass is 10.0. The largest absolute Gasteiger partial charge is 0.497 e. The minimum absolute atomic E-state index is 0.000463. The van der Waals surface area contributed by atoms with E-state index < -0.39 is 0 Å². The van der Waals surface area contributed by atoms with Crippen LogP contribution in [0.25, 0.3) is 0 Å². The fraction of sp³-hybridized carbons (Fsp3) is 0.588. The van der Waals surface area contributed by atoms with E-state index in [-0.39, 0.29) is 30.4 Å². The summed E-state index contributed by atoms with van der Waals surface area (Å²) in [6, 6.07) is 7.76. The zero-order valence-corrected chi connectivity index (χ0v) is 13.0. The van der Waals surface area contributed by atoms with E-state index in [0.717, 1.165) is 24.2 Å². The van der Waals surface area contributed by atoms with Crippen LogP contribution in [0, 0.1) is 11.8 Å². The summed E-state index contributed by atoms with van der Waals surface area (Å²) in [6.07, 6.45) is 1.68. The van der Waals surface area contributed by atoms with Crippen molar-refractivity contribution < 1.29 is 14.6 Å². The number of ether oxygens (including phenoxy) is 1. The van der Waals surface area contributed by atoms with Gasteiger partial charge in [-0.25, -0.2) is 0 Å². The lowest BCUT2D eigenvalue weighted by molar-refractivity contribution is -0.123. The minimum Gasteiger partial charge on any atom is -0.497 e. The first kappa shape index (κ1) is 15.8. The predicted molar refractivity (Wildman–Crippen MR) is 82.3 cm³/mol. The van der Waals surface area contributed by atoms with Gasteiger partial charge >= 0.3 is 0 Å². The normalized spacial score (nSPS) is 22.0. The average molecular weight is 291 g/mol. The maximum atomic E-state index is 12.2. The van der Waals surface area contributed by atoms with Gasteiger partial charge in [-0.1, -0.05) is 26.0 Å². The van der Waals surface area contributed by atoms with Crippen LogP contribution in [-0.4, -0.2) is 30.8 Å². The van der Waals surface area contributed by atoms with Crippen LogP contribution in [0.2, 0.25) is 0 Å². The Hall–Kier alpha value is -1.55. The standard InChI is InChI=1S/C17H25NO3/c1-11(2)7-13(10-19)18-17(20)16-9-15(16)12-5-4-6-14(8-12)21-3/h4-6,8,11,13,15-16,19H,7,9-10H2,1-3H3,(H,18,20). The Morgan fingerprint density at radius 3 is 2.86 bits per heavy atom. The molecule has 1 saturated carbocycles. The number of carbonyl (C=O) groups is 1. The maximum Gasteiger partial charge on any atom is 0.224 e. The van der Waals surface area contributed by atoms with Gasteiger partial charge in [0.05, 0.1) is 19.8 Å². The number of methoxy groups -OCH3 is 1. The molecule has 1 aliphatic rings. The van der Waals surface area contributed by atoms with Gasteiger partial charge in [-0.15, -0.1) is 0 Å². The first-order valence-corrected chi connectivity index (χ1v) is 7.60. The van der Waals surface area contributed by atoms with Crippen molar-refractivity contribution in [1.29, 1.82) is 0 Å². The van der Waals surface area contributed by atoms with Crippen molar-refractivity contribution in [2.75, 3.05) is 13.7 Å². The lowest BCUT2D eigenvalue weighted by Crippen LogP contribution is -2.39. The maximum absolute atomic E-state index is 12.2. The van der Waals surface area contributed by atoms with E-state index in [1.807, 2.05) is 24.3 Å². The molecule has 1 aliphatic carbocycles. The van der Waals surface area contributed by atoms with E-state index in [4.69, 9.17) is 4.74 Å². The first-order chi connectivity index (χ1) is 10.0. The van der Waals surface area contributed by atoms with Crippen LogP contribution in [0.1, 0.15) is 38.2 Å². The molecule has 0 heterocycles. The van der Waals surface area contributed by atoms with E-state index in [0.29, 0.717) is 5.92 Å². The molecular weight excluding hydrogens is 266 g/mol. The predicted octanol–water partition coefficient (Wildman–Crippen LogP) is 2.32. The van der Waals surface area contributed by atoms with E-state index in [9.17, 15) is 9.90 Å². The van der Waals surface area contributed by atoms with Crippen LogP contribution in [-0.2, 0) is 4.79 Å². The molecule has 0 aromatic heterocycles. The van der Waals surface area contributed by atoms with Crippen molar-refractivity contribution >= 4 is 5.91 Å². The molecule has 1 aromatic carbocycles. The van der Waals surface area contributed by atoms with Gasteiger partial charge in [0.25, 0.3) is 0 Å². The van der Waals surface area contributed by atoms with Crippen LogP contribution in [0.3, 0.4) is 0 Å². The molecule has 0 bridgehead atoms. The molecule has 1 fully saturated rings. The summed E-state index contributed by atoms with van der Waals surface area (Å²) < 4.78 is 5.22. The molecule has 1 amide bonds. The highest BCUT2D eigenvalue weighted by Crippen LogP contribution is 2.48. The van der Waals surface area contributed by atoms with E-state index in [1.54, 1.807) is 7.11 Å². The molecule has 116 valence electrons. The highest BCUT2D eigenvalue weighted by Gasteiger charge is 2.44. The Balaban J connectivity index is 1.91. The third kappa shape index (κ3) is 4.21. The zero-order valence-electron chi connectivity index (χ0n) is 13.0. The second-order valence-electron chi connectivity index (χ2n) is 6.24. The number of carbonyl (C=O) groups excluding carboxylic acids is 1. The number of aliphatic hydroxyl groups is 1. The topological polar surface area (TPSA) is 58.6 Å². The number of nitrogens with one attached hydrogen (secondary N) is 1. The van der Waals surface area contributed by atoms with Crippen molar-refractivity contribution in [2.24, 2.45) is 11.8 Å². The molecule has 1 aromatic rings. The third-order valence-corrected chi connectivity index (χ3v) is 3.97. The molecule has 2 N–H and O–H groups in total. The number of rotatable bonds is 7. The smallest absolute Gasteiger partial charge is 0.224 e. The summed E-state index contributed by atoms with van der Waals surface area (Å²) in [5, 5.41) is 12.3. The van der Waals surface area contributed by atoms with E-state index >= 15 is 0 Å². The SMILES string of the molecule is COc1cccc(C2CC2C(=O)NC(CO)CC(C)C)c1. The van der Waals surface area contributed by atoms with Gasteiger partial charge in [-0.05, 0) is 42.4 Å². The Kier molecular flexibility index (Phi) is 5.23. The number of amides is 1. The minimum atomic E-state index is -0.135. The van der Waals surface area contributed by atoms with Crippen LogP contribution in [0.15, 0.2) is 24.3 Å². The molecule has 21 heavy (non-hydrogen) atoms. The van der Waals surface area contributed by atoms with Gasteiger partial charge in [0.1, 0.15) is 5.75 Å². The highest BCUT2D eigenvalue weighted by molar-refractivity contribution is 5.83. The average Bonchev–Trinajstić information content (AvgIpc) is 3.26. The molecular formula is C17H25NO3. The number of benzene rings is 1. The van der Waals surface area contributed by atoms with Crippen molar-refractivity contribution in [2.45, 2.75) is 38.6 Å². The van der Waals surface area contributed by atoms with Crippen molar-refractivity contribution in [3.8, 4) is 5.75 Å². The number of hydrogen-bond acceptors (Lipinski definition) is 3. The Morgan fingerprint density at radius 1 is 1.48 bits per heavy atom. The van der Waals surface area contributed by atoms with Gasteiger partial charge < -0.3 is 15.2 Å². The first-order valence-electron chi connectivity index (χ1n) is 7.60. The molecule has 0 radical (unpaired) electrons. The second kappa shape index (κ2) is 6.94. The van der Waals surface area contributed by atoms with Gasteiger partial charge in [0, 0.05) is 5.92 Å². The summed E-state index contributed by atoms with van der Waals surface area (Å²) in [7, 11) is 1.65. The van der Waals surface area contributed by atoms with Crippen LogP contribution < -0.4 is 10.1 Å². The van der Waals surface area contributed by atoms with Crippen molar-refractivity contribution in [3.05, 3.63) is 29.8 Å². The molecule has 0 spiro atoms. The lowest BCUT2D eigenvalue weighted by Gasteiger charge is -2.18. The van der Waals surface area contributed by atoms with Gasteiger partial charge in [-0.2, -0.15) is 0 Å². The van der Waals surface area contributed by atoms with Crippen LogP contribution in [0.5, 0.6) is 5.75 Å². The van der Waals surface area contributed by atoms with Crippen LogP contribution >= 0.6 is 0 Å². The Bertz CT molecular complexity index is 487.